The first kappa shape index (κ1) is 20.5. The van der Waals surface area contributed by atoms with E-state index in [1.165, 1.54) is 0 Å². The molecule has 0 spiro atoms. The third kappa shape index (κ3) is 12.3. The molecule has 0 saturated heterocycles. The molecular weight excluding hydrogens is 288 g/mol. The molecule has 7 heteroatoms. The molecule has 0 unspecified atom stereocenters. The van der Waals surface area contributed by atoms with Crippen LogP contribution in [-0.2, 0) is 9.47 Å². The van der Waals surface area contributed by atoms with Crippen molar-refractivity contribution in [3.05, 3.63) is 0 Å². The van der Waals surface area contributed by atoms with Gasteiger partial charge in [-0.1, -0.05) is 0 Å². The number of hydrogen-bond acceptors (Lipinski definition) is 5. The standard InChI is InChI=1S/C15H30N2O5/c1-14(2,3)21-12(19)16-9-11(7-8-18)10-17-13(20)22-15(4,5)6/h11,18H,7-10H2,1-6H3,(H,16,19)(H,17,20). The normalized spacial score (nSPS) is 12.0. The van der Waals surface area contributed by atoms with Gasteiger partial charge in [0.1, 0.15) is 11.2 Å². The van der Waals surface area contributed by atoms with Gasteiger partial charge in [-0.05, 0) is 53.9 Å². The molecule has 0 rings (SSSR count). The summed E-state index contributed by atoms with van der Waals surface area (Å²) in [7, 11) is 0. The summed E-state index contributed by atoms with van der Waals surface area (Å²) in [6.45, 7) is 11.2. The Kier molecular flexibility index (Phi) is 8.22. The van der Waals surface area contributed by atoms with Crippen molar-refractivity contribution >= 4 is 12.2 Å². The lowest BCUT2D eigenvalue weighted by Crippen LogP contribution is -2.40. The first-order chi connectivity index (χ1) is 9.93. The molecule has 0 bridgehead atoms. The van der Waals surface area contributed by atoms with Crippen molar-refractivity contribution in [1.82, 2.24) is 10.6 Å². The van der Waals surface area contributed by atoms with E-state index in [0.29, 0.717) is 19.5 Å². The Labute approximate surface area is 132 Å². The maximum absolute atomic E-state index is 11.6. The number of aliphatic hydroxyl groups excluding tert-OH is 1. The highest BCUT2D eigenvalue weighted by Crippen LogP contribution is 2.08. The lowest BCUT2D eigenvalue weighted by atomic mass is 10.1. The third-order valence-electron chi connectivity index (χ3n) is 2.41. The van der Waals surface area contributed by atoms with Crippen LogP contribution in [0.15, 0.2) is 0 Å². The van der Waals surface area contributed by atoms with Gasteiger partial charge in [-0.25, -0.2) is 9.59 Å². The minimum atomic E-state index is -0.564. The number of ether oxygens (including phenoxy) is 2. The fourth-order valence-electron chi connectivity index (χ4n) is 1.54. The van der Waals surface area contributed by atoms with E-state index in [1.54, 1.807) is 41.5 Å². The molecule has 0 aliphatic rings. The zero-order valence-corrected chi connectivity index (χ0v) is 14.5. The molecule has 0 aromatic heterocycles. The van der Waals surface area contributed by atoms with E-state index < -0.39 is 23.4 Å². The van der Waals surface area contributed by atoms with Crippen LogP contribution >= 0.6 is 0 Å². The van der Waals surface area contributed by atoms with Gasteiger partial charge >= 0.3 is 12.2 Å². The zero-order valence-electron chi connectivity index (χ0n) is 14.5. The maximum atomic E-state index is 11.6. The van der Waals surface area contributed by atoms with Gasteiger partial charge in [-0.15, -0.1) is 0 Å². The van der Waals surface area contributed by atoms with Gasteiger partial charge in [0.2, 0.25) is 0 Å². The Hall–Kier alpha value is -1.50. The highest BCUT2D eigenvalue weighted by Gasteiger charge is 2.19. The van der Waals surface area contributed by atoms with Crippen LogP contribution in [0.5, 0.6) is 0 Å². The van der Waals surface area contributed by atoms with Crippen molar-refractivity contribution in [2.75, 3.05) is 19.7 Å². The van der Waals surface area contributed by atoms with E-state index in [0.717, 1.165) is 0 Å². The SMILES string of the molecule is CC(C)(C)OC(=O)NCC(CCO)CNC(=O)OC(C)(C)C. The first-order valence-electron chi connectivity index (χ1n) is 7.47. The molecule has 3 N–H and O–H groups in total. The topological polar surface area (TPSA) is 96.9 Å². The molecule has 2 amide bonds. The Morgan fingerprint density at radius 2 is 1.27 bits per heavy atom. The summed E-state index contributed by atoms with van der Waals surface area (Å²) in [5.41, 5.74) is -1.13. The fraction of sp³-hybridized carbons (Fsp3) is 0.867. The number of aliphatic hydroxyl groups is 1. The lowest BCUT2D eigenvalue weighted by Gasteiger charge is -2.23. The second kappa shape index (κ2) is 8.82. The van der Waals surface area contributed by atoms with Gasteiger partial charge in [0, 0.05) is 19.7 Å². The summed E-state index contributed by atoms with van der Waals surface area (Å²) in [6.07, 6.45) is -0.591. The molecule has 0 heterocycles. The second-order valence-electron chi connectivity index (χ2n) is 7.14. The Balaban J connectivity index is 4.21. The Morgan fingerprint density at radius 1 is 0.909 bits per heavy atom. The molecule has 0 aliphatic carbocycles. The van der Waals surface area contributed by atoms with E-state index in [-0.39, 0.29) is 12.5 Å². The Bertz CT molecular complexity index is 326. The van der Waals surface area contributed by atoms with Crippen molar-refractivity contribution in [1.29, 1.82) is 0 Å². The summed E-state index contributed by atoms with van der Waals surface area (Å²) in [6, 6.07) is 0. The summed E-state index contributed by atoms with van der Waals surface area (Å²) in [4.78, 5) is 23.2. The van der Waals surface area contributed by atoms with Crippen molar-refractivity contribution in [3.63, 3.8) is 0 Å². The van der Waals surface area contributed by atoms with Gasteiger partial charge in [0.15, 0.2) is 0 Å². The van der Waals surface area contributed by atoms with Gasteiger partial charge in [0.05, 0.1) is 0 Å². The summed E-state index contributed by atoms with van der Waals surface area (Å²) < 4.78 is 10.3. The van der Waals surface area contributed by atoms with Crippen LogP contribution < -0.4 is 10.6 Å². The number of rotatable bonds is 6. The number of carbonyl (C=O) groups is 2. The van der Waals surface area contributed by atoms with Crippen LogP contribution in [0.1, 0.15) is 48.0 Å². The molecule has 0 radical (unpaired) electrons. The smallest absolute Gasteiger partial charge is 0.407 e. The largest absolute Gasteiger partial charge is 0.444 e. The maximum Gasteiger partial charge on any atom is 0.407 e. The lowest BCUT2D eigenvalue weighted by molar-refractivity contribution is 0.0503. The van der Waals surface area contributed by atoms with Gasteiger partial charge in [-0.2, -0.15) is 0 Å². The average molecular weight is 318 g/mol. The first-order valence-corrected chi connectivity index (χ1v) is 7.47. The summed E-state index contributed by atoms with van der Waals surface area (Å²) >= 11 is 0. The molecule has 130 valence electrons. The van der Waals surface area contributed by atoms with Crippen molar-refractivity contribution in [2.24, 2.45) is 5.92 Å². The summed E-state index contributed by atoms with van der Waals surface area (Å²) in [5.74, 6) is -0.106. The van der Waals surface area contributed by atoms with Crippen LogP contribution in [0, 0.1) is 5.92 Å². The third-order valence-corrected chi connectivity index (χ3v) is 2.41. The quantitative estimate of drug-likeness (QED) is 0.696. The van der Waals surface area contributed by atoms with E-state index in [4.69, 9.17) is 14.6 Å². The predicted molar refractivity (Wildman–Crippen MR) is 83.7 cm³/mol. The molecule has 22 heavy (non-hydrogen) atoms. The molecule has 0 atom stereocenters. The minimum absolute atomic E-state index is 0.0311. The van der Waals surface area contributed by atoms with E-state index in [9.17, 15) is 9.59 Å². The Morgan fingerprint density at radius 3 is 1.55 bits per heavy atom. The van der Waals surface area contributed by atoms with Crippen molar-refractivity contribution in [3.8, 4) is 0 Å². The number of alkyl carbamates (subject to hydrolysis) is 2. The molecule has 0 aliphatic heterocycles. The second-order valence-corrected chi connectivity index (χ2v) is 7.14. The highest BCUT2D eigenvalue weighted by molar-refractivity contribution is 5.68. The monoisotopic (exact) mass is 318 g/mol. The predicted octanol–water partition coefficient (Wildman–Crippen LogP) is 2.03. The van der Waals surface area contributed by atoms with Crippen molar-refractivity contribution in [2.45, 2.75) is 59.2 Å². The van der Waals surface area contributed by atoms with E-state index in [2.05, 4.69) is 10.6 Å². The molecule has 0 aromatic carbocycles. The molecule has 0 saturated carbocycles. The summed E-state index contributed by atoms with van der Waals surface area (Å²) in [5, 5.41) is 14.3. The molecule has 0 fully saturated rings. The van der Waals surface area contributed by atoms with Crippen LogP contribution in [0.25, 0.3) is 0 Å². The number of hydrogen-bond donors (Lipinski definition) is 3. The van der Waals surface area contributed by atoms with Crippen LogP contribution in [0.4, 0.5) is 9.59 Å². The molecular formula is C15H30N2O5. The van der Waals surface area contributed by atoms with Crippen LogP contribution in [0.3, 0.4) is 0 Å². The van der Waals surface area contributed by atoms with E-state index in [1.807, 2.05) is 0 Å². The number of amides is 2. The molecule has 7 nitrogen and oxygen atoms in total. The minimum Gasteiger partial charge on any atom is -0.444 e. The zero-order chi connectivity index (χ0) is 17.4. The average Bonchev–Trinajstić information content (AvgIpc) is 2.28. The van der Waals surface area contributed by atoms with Crippen LogP contribution in [-0.4, -0.2) is 48.2 Å². The van der Waals surface area contributed by atoms with Gasteiger partial charge < -0.3 is 25.2 Å². The number of nitrogens with one attached hydrogen (secondary N) is 2. The highest BCUT2D eigenvalue weighted by atomic mass is 16.6. The number of carbonyl (C=O) groups excluding carboxylic acids is 2. The molecule has 0 aromatic rings. The van der Waals surface area contributed by atoms with Crippen molar-refractivity contribution < 1.29 is 24.2 Å². The van der Waals surface area contributed by atoms with Gasteiger partial charge in [0.25, 0.3) is 0 Å². The van der Waals surface area contributed by atoms with Crippen LogP contribution in [0.2, 0.25) is 0 Å². The van der Waals surface area contributed by atoms with Gasteiger partial charge in [-0.3, -0.25) is 0 Å². The fourth-order valence-corrected chi connectivity index (χ4v) is 1.54. The van der Waals surface area contributed by atoms with E-state index >= 15 is 0 Å².